The first kappa shape index (κ1) is 17.6. The highest BCUT2D eigenvalue weighted by Crippen LogP contribution is 2.25. The fourth-order valence-electron chi connectivity index (χ4n) is 2.28. The third-order valence-electron chi connectivity index (χ3n) is 3.54. The van der Waals surface area contributed by atoms with Crippen LogP contribution in [0.4, 0.5) is 5.69 Å². The summed E-state index contributed by atoms with van der Waals surface area (Å²) in [4.78, 5) is 14.2. The minimum Gasteiger partial charge on any atom is -0.383 e. The molecule has 1 N–H and O–H groups in total. The summed E-state index contributed by atoms with van der Waals surface area (Å²) in [6, 6.07) is 15.3. The molecule has 0 saturated heterocycles. The molecule has 5 heteroatoms. The number of halogens is 2. The van der Waals surface area contributed by atoms with Gasteiger partial charge in [0.25, 0.3) is 0 Å². The van der Waals surface area contributed by atoms with Gasteiger partial charge in [0.1, 0.15) is 0 Å². The van der Waals surface area contributed by atoms with Crippen LogP contribution in [0.2, 0.25) is 10.0 Å². The fraction of sp³-hybridized carbons (Fsp3) is 0.278. The van der Waals surface area contributed by atoms with Gasteiger partial charge < -0.3 is 10.2 Å². The molecule has 0 bridgehead atoms. The van der Waals surface area contributed by atoms with E-state index in [-0.39, 0.29) is 5.91 Å². The molecule has 2 rings (SSSR count). The van der Waals surface area contributed by atoms with Gasteiger partial charge in [-0.25, -0.2) is 0 Å². The smallest absolute Gasteiger partial charge is 0.224 e. The van der Waals surface area contributed by atoms with Gasteiger partial charge in [-0.15, -0.1) is 0 Å². The molecule has 0 aliphatic carbocycles. The molecule has 0 aliphatic heterocycles. The highest BCUT2D eigenvalue weighted by atomic mass is 35.5. The Morgan fingerprint density at radius 2 is 1.87 bits per heavy atom. The van der Waals surface area contributed by atoms with E-state index in [4.69, 9.17) is 23.2 Å². The van der Waals surface area contributed by atoms with Gasteiger partial charge in [0.05, 0.1) is 10.7 Å². The highest BCUT2D eigenvalue weighted by molar-refractivity contribution is 6.36. The highest BCUT2D eigenvalue weighted by Gasteiger charge is 2.12. The average molecular weight is 351 g/mol. The van der Waals surface area contributed by atoms with E-state index >= 15 is 0 Å². The molecule has 3 nitrogen and oxygen atoms in total. The van der Waals surface area contributed by atoms with Crippen molar-refractivity contribution in [2.45, 2.75) is 19.9 Å². The first-order valence-corrected chi connectivity index (χ1v) is 8.36. The van der Waals surface area contributed by atoms with Crippen LogP contribution >= 0.6 is 23.2 Å². The summed E-state index contributed by atoms with van der Waals surface area (Å²) < 4.78 is 0. The largest absolute Gasteiger partial charge is 0.383 e. The van der Waals surface area contributed by atoms with Crippen molar-refractivity contribution in [2.75, 3.05) is 18.4 Å². The number of hydrogen-bond acceptors (Lipinski definition) is 2. The molecule has 0 aromatic heterocycles. The molecular formula is C18H20Cl2N2O. The minimum absolute atomic E-state index is 0.119. The monoisotopic (exact) mass is 350 g/mol. The Balaban J connectivity index is 1.85. The first-order valence-electron chi connectivity index (χ1n) is 7.60. The van der Waals surface area contributed by atoms with Gasteiger partial charge >= 0.3 is 0 Å². The van der Waals surface area contributed by atoms with Crippen molar-refractivity contribution in [3.8, 4) is 0 Å². The van der Waals surface area contributed by atoms with Gasteiger partial charge in [-0.2, -0.15) is 0 Å². The Morgan fingerprint density at radius 1 is 1.13 bits per heavy atom. The molecule has 2 aromatic rings. The number of carbonyl (C=O) groups excluding carboxylic acids is 1. The van der Waals surface area contributed by atoms with Crippen molar-refractivity contribution in [3.05, 3.63) is 64.1 Å². The van der Waals surface area contributed by atoms with Crippen molar-refractivity contribution in [2.24, 2.45) is 0 Å². The molecule has 2 aromatic carbocycles. The summed E-state index contributed by atoms with van der Waals surface area (Å²) in [5.41, 5.74) is 1.92. The van der Waals surface area contributed by atoms with E-state index in [2.05, 4.69) is 5.32 Å². The molecule has 0 aliphatic rings. The van der Waals surface area contributed by atoms with Crippen LogP contribution < -0.4 is 5.32 Å². The van der Waals surface area contributed by atoms with E-state index in [9.17, 15) is 4.79 Å². The minimum atomic E-state index is 0.119. The number of anilines is 1. The average Bonchev–Trinajstić information content (AvgIpc) is 2.55. The number of nitrogens with one attached hydrogen (secondary N) is 1. The van der Waals surface area contributed by atoms with Gasteiger partial charge in [0, 0.05) is 31.1 Å². The second-order valence-electron chi connectivity index (χ2n) is 5.19. The third-order valence-corrected chi connectivity index (χ3v) is 4.08. The summed E-state index contributed by atoms with van der Waals surface area (Å²) >= 11 is 12.0. The van der Waals surface area contributed by atoms with E-state index in [1.165, 1.54) is 0 Å². The van der Waals surface area contributed by atoms with Gasteiger partial charge in [-0.1, -0.05) is 53.5 Å². The van der Waals surface area contributed by atoms with Crippen LogP contribution in [-0.2, 0) is 11.3 Å². The van der Waals surface area contributed by atoms with Crippen LogP contribution in [0.1, 0.15) is 18.9 Å². The Morgan fingerprint density at radius 3 is 2.52 bits per heavy atom. The molecular weight excluding hydrogens is 331 g/mol. The lowest BCUT2D eigenvalue weighted by Crippen LogP contribution is -2.31. The van der Waals surface area contributed by atoms with E-state index < -0.39 is 0 Å². The van der Waals surface area contributed by atoms with Crippen LogP contribution in [0.5, 0.6) is 0 Å². The maximum atomic E-state index is 12.3. The van der Waals surface area contributed by atoms with E-state index in [0.29, 0.717) is 36.1 Å². The van der Waals surface area contributed by atoms with Crippen molar-refractivity contribution in [1.82, 2.24) is 4.90 Å². The lowest BCUT2D eigenvalue weighted by atomic mass is 10.2. The predicted octanol–water partition coefficient (Wildman–Crippen LogP) is 4.84. The maximum Gasteiger partial charge on any atom is 0.224 e. The number of nitrogens with zero attached hydrogens (tertiary/aromatic N) is 1. The fourth-order valence-corrected chi connectivity index (χ4v) is 2.75. The quantitative estimate of drug-likeness (QED) is 0.774. The molecule has 23 heavy (non-hydrogen) atoms. The first-order chi connectivity index (χ1) is 11.1. The van der Waals surface area contributed by atoms with Crippen molar-refractivity contribution in [1.29, 1.82) is 0 Å². The zero-order chi connectivity index (χ0) is 16.7. The van der Waals surface area contributed by atoms with Crippen molar-refractivity contribution in [3.63, 3.8) is 0 Å². The Bertz CT molecular complexity index is 647. The lowest BCUT2D eigenvalue weighted by molar-refractivity contribution is -0.131. The zero-order valence-corrected chi connectivity index (χ0v) is 14.6. The molecule has 122 valence electrons. The molecule has 0 radical (unpaired) electrons. The Hall–Kier alpha value is -1.71. The number of hydrogen-bond donors (Lipinski definition) is 1. The summed E-state index contributed by atoms with van der Waals surface area (Å²) in [5, 5.41) is 4.33. The molecule has 0 unspecified atom stereocenters. The van der Waals surface area contributed by atoms with Crippen molar-refractivity contribution < 1.29 is 4.79 Å². The molecule has 1 amide bonds. The Kier molecular flexibility index (Phi) is 6.75. The number of rotatable bonds is 7. The summed E-state index contributed by atoms with van der Waals surface area (Å²) in [6.45, 7) is 3.85. The number of carbonyl (C=O) groups is 1. The second kappa shape index (κ2) is 8.80. The van der Waals surface area contributed by atoms with Crippen LogP contribution in [-0.4, -0.2) is 23.9 Å². The topological polar surface area (TPSA) is 32.3 Å². The van der Waals surface area contributed by atoms with Gasteiger partial charge in [-0.3, -0.25) is 4.79 Å². The Labute approximate surface area is 147 Å². The SMILES string of the molecule is CCN(Cc1ccccc1)C(=O)CCNc1ccc(Cl)cc1Cl. The number of benzene rings is 2. The summed E-state index contributed by atoms with van der Waals surface area (Å²) in [7, 11) is 0. The lowest BCUT2D eigenvalue weighted by Gasteiger charge is -2.21. The molecule has 0 heterocycles. The van der Waals surface area contributed by atoms with Gasteiger partial charge in [0.2, 0.25) is 5.91 Å². The number of amides is 1. The van der Waals surface area contributed by atoms with Crippen molar-refractivity contribution >= 4 is 34.8 Å². The summed E-state index contributed by atoms with van der Waals surface area (Å²) in [6.07, 6.45) is 0.416. The third kappa shape index (κ3) is 5.45. The molecule has 0 saturated carbocycles. The summed E-state index contributed by atoms with van der Waals surface area (Å²) in [5.74, 6) is 0.119. The van der Waals surface area contributed by atoms with Crippen LogP contribution in [0.25, 0.3) is 0 Å². The van der Waals surface area contributed by atoms with Gasteiger partial charge in [-0.05, 0) is 30.7 Å². The van der Waals surface area contributed by atoms with Crippen LogP contribution in [0.15, 0.2) is 48.5 Å². The van der Waals surface area contributed by atoms with Crippen LogP contribution in [0, 0.1) is 0 Å². The molecule has 0 fully saturated rings. The second-order valence-corrected chi connectivity index (χ2v) is 6.04. The molecule has 0 atom stereocenters. The van der Waals surface area contributed by atoms with E-state index in [1.54, 1.807) is 12.1 Å². The zero-order valence-electron chi connectivity index (χ0n) is 13.1. The normalized spacial score (nSPS) is 10.4. The van der Waals surface area contributed by atoms with E-state index in [1.807, 2.05) is 48.2 Å². The predicted molar refractivity (Wildman–Crippen MR) is 97.1 cm³/mol. The maximum absolute atomic E-state index is 12.3. The van der Waals surface area contributed by atoms with E-state index in [0.717, 1.165) is 11.3 Å². The standard InChI is InChI=1S/C18H20Cl2N2O/c1-2-22(13-14-6-4-3-5-7-14)18(23)10-11-21-17-9-8-15(19)12-16(17)20/h3-9,12,21H,2,10-11,13H2,1H3. The molecule has 0 spiro atoms. The van der Waals surface area contributed by atoms with Crippen LogP contribution in [0.3, 0.4) is 0 Å². The van der Waals surface area contributed by atoms with Gasteiger partial charge in [0.15, 0.2) is 0 Å².